The van der Waals surface area contributed by atoms with E-state index in [0.29, 0.717) is 0 Å². The van der Waals surface area contributed by atoms with Gasteiger partial charge in [-0.25, -0.2) is 4.79 Å². The van der Waals surface area contributed by atoms with Gasteiger partial charge in [-0.15, -0.1) is 0 Å². The summed E-state index contributed by atoms with van der Waals surface area (Å²) in [5.74, 6) is -0.944. The summed E-state index contributed by atoms with van der Waals surface area (Å²) in [6, 6.07) is 14.3. The number of carbonyl (C=O) groups is 1. The van der Waals surface area contributed by atoms with Crippen LogP contribution in [0, 0.1) is 6.92 Å². The van der Waals surface area contributed by atoms with E-state index in [-0.39, 0.29) is 18.3 Å². The first kappa shape index (κ1) is 20.3. The minimum atomic E-state index is -0.944. The summed E-state index contributed by atoms with van der Waals surface area (Å²) in [4.78, 5) is 24.5. The lowest BCUT2D eigenvalue weighted by Gasteiger charge is -2.12. The summed E-state index contributed by atoms with van der Waals surface area (Å²) in [7, 11) is 1.81. The molecule has 164 valence electrons. The van der Waals surface area contributed by atoms with Gasteiger partial charge in [0, 0.05) is 24.2 Å². The Morgan fingerprint density at radius 3 is 2.59 bits per heavy atom. The van der Waals surface area contributed by atoms with Gasteiger partial charge in [-0.05, 0) is 43.5 Å². The fourth-order valence-electron chi connectivity index (χ4n) is 4.99. The van der Waals surface area contributed by atoms with Crippen LogP contribution in [0.4, 0.5) is 0 Å². The highest BCUT2D eigenvalue weighted by Gasteiger charge is 2.23. The van der Waals surface area contributed by atoms with Gasteiger partial charge >= 0.3 is 11.7 Å². The molecule has 7 nitrogen and oxygen atoms in total. The molecule has 0 radical (unpaired) electrons. The van der Waals surface area contributed by atoms with Gasteiger partial charge in [-0.3, -0.25) is 18.6 Å². The van der Waals surface area contributed by atoms with Crippen molar-refractivity contribution < 1.29 is 9.90 Å². The number of aromatic nitrogens is 4. The topological polar surface area (TPSA) is 82.0 Å². The molecule has 0 spiro atoms. The van der Waals surface area contributed by atoms with Crippen molar-refractivity contribution in [2.24, 2.45) is 7.05 Å². The zero-order chi connectivity index (χ0) is 22.4. The maximum absolute atomic E-state index is 13.0. The van der Waals surface area contributed by atoms with Gasteiger partial charge in [0.15, 0.2) is 0 Å². The second-order valence-corrected chi connectivity index (χ2v) is 8.68. The molecule has 0 bridgehead atoms. The van der Waals surface area contributed by atoms with E-state index < -0.39 is 5.97 Å². The first-order valence-corrected chi connectivity index (χ1v) is 11.0. The third-order valence-corrected chi connectivity index (χ3v) is 6.51. The molecule has 2 aromatic carbocycles. The van der Waals surface area contributed by atoms with Gasteiger partial charge in [-0.1, -0.05) is 42.7 Å². The Kier molecular flexibility index (Phi) is 4.96. The molecule has 0 saturated heterocycles. The van der Waals surface area contributed by atoms with Crippen molar-refractivity contribution >= 4 is 17.0 Å². The molecule has 2 aromatic heterocycles. The predicted octanol–water partition coefficient (Wildman–Crippen LogP) is 4.38. The van der Waals surface area contributed by atoms with Crippen LogP contribution in [0.25, 0.3) is 33.4 Å². The molecule has 0 amide bonds. The summed E-state index contributed by atoms with van der Waals surface area (Å²) >= 11 is 0. The highest BCUT2D eigenvalue weighted by Crippen LogP contribution is 2.36. The smallest absolute Gasteiger partial charge is 0.329 e. The summed E-state index contributed by atoms with van der Waals surface area (Å²) in [5.41, 5.74) is 6.35. The monoisotopic (exact) mass is 430 g/mol. The molecule has 1 aliphatic carbocycles. The van der Waals surface area contributed by atoms with Crippen LogP contribution in [-0.4, -0.2) is 30.0 Å². The minimum Gasteiger partial charge on any atom is -0.480 e. The molecule has 0 atom stereocenters. The van der Waals surface area contributed by atoms with Gasteiger partial charge < -0.3 is 5.11 Å². The highest BCUT2D eigenvalue weighted by molar-refractivity contribution is 5.88. The SMILES string of the molecule is Cc1cccc(-c2c(-c3ccc4c(c3)n(C)c(=O)n4C3CCCC3)cnn2CC(=O)O)c1. The summed E-state index contributed by atoms with van der Waals surface area (Å²) in [5, 5.41) is 13.8. The van der Waals surface area contributed by atoms with E-state index >= 15 is 0 Å². The van der Waals surface area contributed by atoms with Crippen molar-refractivity contribution in [1.29, 1.82) is 0 Å². The zero-order valence-electron chi connectivity index (χ0n) is 18.3. The molecular weight excluding hydrogens is 404 g/mol. The van der Waals surface area contributed by atoms with E-state index in [9.17, 15) is 14.7 Å². The molecular formula is C25H26N4O3. The van der Waals surface area contributed by atoms with Crippen LogP contribution in [0.2, 0.25) is 0 Å². The molecule has 1 N–H and O–H groups in total. The van der Waals surface area contributed by atoms with Crippen molar-refractivity contribution in [3.05, 3.63) is 64.7 Å². The lowest BCUT2D eigenvalue weighted by molar-refractivity contribution is -0.137. The second kappa shape index (κ2) is 7.82. The largest absolute Gasteiger partial charge is 0.480 e. The van der Waals surface area contributed by atoms with Crippen molar-refractivity contribution in [2.45, 2.75) is 45.2 Å². The first-order chi connectivity index (χ1) is 15.4. The van der Waals surface area contributed by atoms with Crippen LogP contribution in [0.1, 0.15) is 37.3 Å². The Balaban J connectivity index is 1.69. The first-order valence-electron chi connectivity index (χ1n) is 11.0. The second-order valence-electron chi connectivity index (χ2n) is 8.68. The van der Waals surface area contributed by atoms with Crippen LogP contribution >= 0.6 is 0 Å². The molecule has 0 unspecified atom stereocenters. The molecule has 1 saturated carbocycles. The van der Waals surface area contributed by atoms with E-state index in [0.717, 1.165) is 64.7 Å². The van der Waals surface area contributed by atoms with Crippen LogP contribution in [0.15, 0.2) is 53.5 Å². The Morgan fingerprint density at radius 2 is 1.88 bits per heavy atom. The van der Waals surface area contributed by atoms with Crippen LogP contribution in [-0.2, 0) is 18.4 Å². The lowest BCUT2D eigenvalue weighted by Crippen LogP contribution is -2.24. The third-order valence-electron chi connectivity index (χ3n) is 6.51. The average molecular weight is 431 g/mol. The highest BCUT2D eigenvalue weighted by atomic mass is 16.4. The lowest BCUT2D eigenvalue weighted by atomic mass is 10.00. The van der Waals surface area contributed by atoms with Gasteiger partial charge in [0.1, 0.15) is 6.54 Å². The number of benzene rings is 2. The number of imidazole rings is 1. The van der Waals surface area contributed by atoms with Gasteiger partial charge in [0.05, 0.1) is 22.9 Å². The number of fused-ring (bicyclic) bond motifs is 1. The predicted molar refractivity (Wildman–Crippen MR) is 124 cm³/mol. The van der Waals surface area contributed by atoms with E-state index in [4.69, 9.17) is 0 Å². The van der Waals surface area contributed by atoms with Crippen molar-refractivity contribution in [3.63, 3.8) is 0 Å². The van der Waals surface area contributed by atoms with Crippen molar-refractivity contribution in [1.82, 2.24) is 18.9 Å². The standard InChI is InChI=1S/C25H26N4O3/c1-16-6-5-7-18(12-16)24-20(14-26-28(24)15-23(30)31)17-10-11-21-22(13-17)27(2)25(32)29(21)19-8-3-4-9-19/h5-7,10-14,19H,3-4,8-9,15H2,1-2H3,(H,30,31). The molecule has 32 heavy (non-hydrogen) atoms. The number of carboxylic acids is 1. The Hall–Kier alpha value is -3.61. The summed E-state index contributed by atoms with van der Waals surface area (Å²) in [6.07, 6.45) is 6.12. The van der Waals surface area contributed by atoms with E-state index in [1.807, 2.05) is 61.0 Å². The van der Waals surface area contributed by atoms with Crippen molar-refractivity contribution in [3.8, 4) is 22.4 Å². The number of nitrogens with zero attached hydrogens (tertiary/aromatic N) is 4. The number of carboxylic acid groups (broad SMARTS) is 1. The number of aliphatic carboxylic acids is 1. The zero-order valence-corrected chi connectivity index (χ0v) is 18.3. The maximum Gasteiger partial charge on any atom is 0.329 e. The molecule has 1 aliphatic rings. The molecule has 0 aliphatic heterocycles. The number of aryl methyl sites for hydroxylation is 2. The van der Waals surface area contributed by atoms with E-state index in [1.54, 1.807) is 10.8 Å². The maximum atomic E-state index is 13.0. The summed E-state index contributed by atoms with van der Waals surface area (Å²) < 4.78 is 5.19. The Labute approximate surface area is 185 Å². The van der Waals surface area contributed by atoms with Gasteiger partial charge in [-0.2, -0.15) is 5.10 Å². The Bertz CT molecular complexity index is 1390. The molecule has 2 heterocycles. The summed E-state index contributed by atoms with van der Waals surface area (Å²) in [6.45, 7) is 1.79. The van der Waals surface area contributed by atoms with Crippen LogP contribution in [0.3, 0.4) is 0 Å². The van der Waals surface area contributed by atoms with Crippen molar-refractivity contribution in [2.75, 3.05) is 0 Å². The fraction of sp³-hybridized carbons (Fsp3) is 0.320. The van der Waals surface area contributed by atoms with Crippen LogP contribution < -0.4 is 5.69 Å². The number of rotatable bonds is 5. The van der Waals surface area contributed by atoms with E-state index in [1.165, 1.54) is 4.68 Å². The molecule has 1 fully saturated rings. The van der Waals surface area contributed by atoms with Gasteiger partial charge in [0.2, 0.25) is 0 Å². The number of hydrogen-bond donors (Lipinski definition) is 1. The molecule has 5 rings (SSSR count). The fourth-order valence-corrected chi connectivity index (χ4v) is 4.99. The third kappa shape index (κ3) is 3.34. The average Bonchev–Trinajstić information content (AvgIpc) is 3.48. The quantitative estimate of drug-likeness (QED) is 0.509. The molecule has 7 heteroatoms. The Morgan fingerprint density at radius 1 is 1.09 bits per heavy atom. The van der Waals surface area contributed by atoms with E-state index in [2.05, 4.69) is 5.10 Å². The minimum absolute atomic E-state index is 0.0181. The van der Waals surface area contributed by atoms with Gasteiger partial charge in [0.25, 0.3) is 0 Å². The normalized spacial score (nSPS) is 14.4. The van der Waals surface area contributed by atoms with Crippen LogP contribution in [0.5, 0.6) is 0 Å². The molecule has 4 aromatic rings. The number of hydrogen-bond acceptors (Lipinski definition) is 3.